The lowest BCUT2D eigenvalue weighted by Gasteiger charge is -2.10. The minimum atomic E-state index is -4.02. The lowest BCUT2D eigenvalue weighted by molar-refractivity contribution is 0.103. The van der Waals surface area contributed by atoms with Crippen LogP contribution in [0.3, 0.4) is 0 Å². The highest BCUT2D eigenvalue weighted by Crippen LogP contribution is 2.35. The van der Waals surface area contributed by atoms with Gasteiger partial charge in [-0.15, -0.1) is 21.5 Å². The van der Waals surface area contributed by atoms with E-state index in [0.717, 1.165) is 26.6 Å². The van der Waals surface area contributed by atoms with E-state index >= 15 is 0 Å². The monoisotopic (exact) mass is 704 g/mol. The fraction of sp³-hybridized carbons (Fsp3) is 0.194. The molecule has 0 saturated carbocycles. The molecule has 15 heteroatoms. The van der Waals surface area contributed by atoms with E-state index in [1.165, 1.54) is 35.6 Å². The number of carbonyl (C=O) groups excluding carboxylic acids is 1. The Balaban J connectivity index is 0.000000217. The van der Waals surface area contributed by atoms with Gasteiger partial charge in [-0.1, -0.05) is 59.1 Å². The summed E-state index contributed by atoms with van der Waals surface area (Å²) in [5.74, 6) is 1.22. The molecular weight excluding hydrogens is 672 g/mol. The first-order chi connectivity index (χ1) is 21.4. The summed E-state index contributed by atoms with van der Waals surface area (Å²) in [5, 5.41) is 9.42. The van der Waals surface area contributed by atoms with Crippen molar-refractivity contribution < 1.29 is 30.7 Å². The van der Waals surface area contributed by atoms with Crippen molar-refractivity contribution in [3.63, 3.8) is 0 Å². The van der Waals surface area contributed by atoms with Gasteiger partial charge < -0.3 is 5.73 Å². The van der Waals surface area contributed by atoms with Gasteiger partial charge in [0.25, 0.3) is 20.2 Å². The molecule has 11 nitrogen and oxygen atoms in total. The maximum Gasteiger partial charge on any atom is 0.294 e. The number of hydrogen-bond donors (Lipinski definition) is 3. The van der Waals surface area contributed by atoms with Crippen LogP contribution in [-0.4, -0.2) is 46.5 Å². The van der Waals surface area contributed by atoms with Crippen LogP contribution in [0.4, 0.5) is 0 Å². The zero-order valence-electron chi connectivity index (χ0n) is 25.6. The Labute approximate surface area is 277 Å². The summed E-state index contributed by atoms with van der Waals surface area (Å²) in [5.41, 5.74) is 9.75. The predicted octanol–water partition coefficient (Wildman–Crippen LogP) is 6.08. The summed E-state index contributed by atoms with van der Waals surface area (Å²) in [6, 6.07) is 19.1. The summed E-state index contributed by atoms with van der Waals surface area (Å²) in [6.07, 6.45) is 0. The molecule has 0 amide bonds. The highest BCUT2D eigenvalue weighted by Gasteiger charge is 2.25. The Morgan fingerprint density at radius 3 is 1.72 bits per heavy atom. The van der Waals surface area contributed by atoms with Crippen LogP contribution in [-0.2, 0) is 26.8 Å². The van der Waals surface area contributed by atoms with E-state index < -0.39 is 20.2 Å². The largest absolute Gasteiger partial charge is 0.324 e. The second-order valence-electron chi connectivity index (χ2n) is 10.1. The number of rotatable bonds is 6. The molecule has 2 aromatic heterocycles. The number of benzene rings is 3. The topological polar surface area (TPSA) is 183 Å². The lowest BCUT2D eigenvalue weighted by Crippen LogP contribution is -2.12. The minimum Gasteiger partial charge on any atom is -0.324 e. The van der Waals surface area contributed by atoms with Gasteiger partial charge in [-0.05, 0) is 76.6 Å². The fourth-order valence-electron chi connectivity index (χ4n) is 4.04. The van der Waals surface area contributed by atoms with E-state index in [9.17, 15) is 21.6 Å². The van der Waals surface area contributed by atoms with Gasteiger partial charge >= 0.3 is 0 Å². The number of hydrogen-bond acceptors (Lipinski definition) is 9. The molecule has 5 rings (SSSR count). The third-order valence-electron chi connectivity index (χ3n) is 6.63. The molecular formula is C31H33ClN4O7S3. The molecule has 244 valence electrons. The molecule has 3 aromatic carbocycles. The van der Waals surface area contributed by atoms with Crippen LogP contribution in [0.5, 0.6) is 0 Å². The van der Waals surface area contributed by atoms with Crippen molar-refractivity contribution in [2.24, 2.45) is 5.73 Å². The number of aromatic nitrogens is 3. The normalized spacial score (nSPS) is 11.2. The van der Waals surface area contributed by atoms with Crippen LogP contribution in [0, 0.1) is 34.6 Å². The third-order valence-corrected chi connectivity index (χ3v) is 9.89. The van der Waals surface area contributed by atoms with Gasteiger partial charge in [0.2, 0.25) is 0 Å². The number of nitrogens with zero attached hydrogens (tertiary/aromatic N) is 3. The molecule has 46 heavy (non-hydrogen) atoms. The zero-order valence-corrected chi connectivity index (χ0v) is 28.8. The van der Waals surface area contributed by atoms with Gasteiger partial charge in [0, 0.05) is 10.4 Å². The third kappa shape index (κ3) is 9.16. The Kier molecular flexibility index (Phi) is 12.1. The molecule has 0 radical (unpaired) electrons. The van der Waals surface area contributed by atoms with E-state index in [4.69, 9.17) is 26.4 Å². The first-order valence-electron chi connectivity index (χ1n) is 13.5. The molecule has 0 bridgehead atoms. The summed E-state index contributed by atoms with van der Waals surface area (Å²) in [7, 11) is -8.04. The molecule has 0 aliphatic rings. The Bertz CT molecular complexity index is 1980. The van der Waals surface area contributed by atoms with E-state index in [2.05, 4.69) is 10.2 Å². The van der Waals surface area contributed by atoms with Crippen LogP contribution in [0.15, 0.2) is 82.6 Å². The SMILES string of the molecule is Cc1ccc(S(=O)(=O)O)cc1.Cc1ccc(S(=O)(=O)O)cc1.Cc1sc(-n2c(C)nnc2CN)c(C(=O)c2ccccc2Cl)c1C. The van der Waals surface area contributed by atoms with Crippen molar-refractivity contribution in [3.8, 4) is 5.00 Å². The number of aryl methyl sites for hydroxylation is 4. The average Bonchev–Trinajstić information content (AvgIpc) is 3.50. The highest BCUT2D eigenvalue weighted by atomic mass is 35.5. The second kappa shape index (κ2) is 15.2. The van der Waals surface area contributed by atoms with Crippen LogP contribution >= 0.6 is 22.9 Å². The summed E-state index contributed by atoms with van der Waals surface area (Å²) in [4.78, 5) is 14.1. The molecule has 4 N–H and O–H groups in total. The number of ketones is 1. The number of halogens is 1. The molecule has 5 aromatic rings. The van der Waals surface area contributed by atoms with Crippen molar-refractivity contribution >= 4 is 49.0 Å². The number of carbonyl (C=O) groups is 1. The Hall–Kier alpha value is -3.76. The van der Waals surface area contributed by atoms with Crippen LogP contribution in [0.2, 0.25) is 5.02 Å². The molecule has 2 heterocycles. The molecule has 0 aliphatic heterocycles. The minimum absolute atomic E-state index is 0.0666. The molecule has 0 atom stereocenters. The van der Waals surface area contributed by atoms with Gasteiger partial charge in [0.15, 0.2) is 11.6 Å². The molecule has 0 spiro atoms. The quantitative estimate of drug-likeness (QED) is 0.138. The summed E-state index contributed by atoms with van der Waals surface area (Å²) in [6.45, 7) is 9.72. The first kappa shape index (κ1) is 36.7. The van der Waals surface area contributed by atoms with Crippen LogP contribution in [0.1, 0.15) is 49.1 Å². The summed E-state index contributed by atoms with van der Waals surface area (Å²) < 4.78 is 61.0. The van der Waals surface area contributed by atoms with E-state index in [0.29, 0.717) is 27.8 Å². The van der Waals surface area contributed by atoms with E-state index in [1.54, 1.807) is 36.4 Å². The lowest BCUT2D eigenvalue weighted by atomic mass is 10.0. The molecule has 0 aliphatic carbocycles. The Morgan fingerprint density at radius 1 is 0.804 bits per heavy atom. The van der Waals surface area contributed by atoms with E-state index in [-0.39, 0.29) is 22.1 Å². The highest BCUT2D eigenvalue weighted by molar-refractivity contribution is 7.86. The van der Waals surface area contributed by atoms with Gasteiger partial charge in [-0.3, -0.25) is 18.5 Å². The first-order valence-corrected chi connectivity index (χ1v) is 17.6. The van der Waals surface area contributed by atoms with Crippen molar-refractivity contribution in [2.45, 2.75) is 51.0 Å². The predicted molar refractivity (Wildman–Crippen MR) is 178 cm³/mol. The molecule has 0 fully saturated rings. The maximum absolute atomic E-state index is 13.2. The van der Waals surface area contributed by atoms with Crippen molar-refractivity contribution in [3.05, 3.63) is 122 Å². The second-order valence-corrected chi connectivity index (χ2v) is 14.5. The average molecular weight is 705 g/mol. The molecule has 0 saturated heterocycles. The molecule has 0 unspecified atom stereocenters. The standard InChI is InChI=1S/C17H17ClN4OS.2C7H8O3S/c1-9-10(2)24-17(22-11(3)20-21-14(22)8-19)15(9)16(23)12-6-4-5-7-13(12)18;2*1-6-2-4-7(5-3-6)11(8,9)10/h4-7H,8,19H2,1-3H3;2*2-5H,1H3,(H,8,9,10). The summed E-state index contributed by atoms with van der Waals surface area (Å²) >= 11 is 7.76. The van der Waals surface area contributed by atoms with E-state index in [1.807, 2.05) is 51.3 Å². The van der Waals surface area contributed by atoms with Gasteiger partial charge in [0.1, 0.15) is 10.8 Å². The number of thiophene rings is 1. The fourth-order valence-corrected chi connectivity index (χ4v) is 6.44. The number of nitrogens with two attached hydrogens (primary N) is 1. The zero-order chi connectivity index (χ0) is 34.4. The van der Waals surface area contributed by atoms with Gasteiger partial charge in [-0.25, -0.2) is 0 Å². The van der Waals surface area contributed by atoms with Crippen molar-refractivity contribution in [1.29, 1.82) is 0 Å². The Morgan fingerprint density at radius 2 is 1.28 bits per heavy atom. The van der Waals surface area contributed by atoms with Crippen molar-refractivity contribution in [2.75, 3.05) is 0 Å². The van der Waals surface area contributed by atoms with Crippen molar-refractivity contribution in [1.82, 2.24) is 14.8 Å². The van der Waals surface area contributed by atoms with Crippen LogP contribution in [0.25, 0.3) is 5.00 Å². The van der Waals surface area contributed by atoms with Gasteiger partial charge in [0.05, 0.1) is 26.9 Å². The maximum atomic E-state index is 13.2. The smallest absolute Gasteiger partial charge is 0.294 e. The van der Waals surface area contributed by atoms with Gasteiger partial charge in [-0.2, -0.15) is 16.8 Å². The van der Waals surface area contributed by atoms with Crippen LogP contribution < -0.4 is 5.73 Å².